The fourth-order valence-electron chi connectivity index (χ4n) is 2.16. The molecule has 1 aromatic rings. The van der Waals surface area contributed by atoms with Crippen LogP contribution in [0.15, 0.2) is 6.07 Å². The molecule has 19 heavy (non-hydrogen) atoms. The van der Waals surface area contributed by atoms with Crippen LogP contribution in [-0.4, -0.2) is 47.7 Å². The van der Waals surface area contributed by atoms with Crippen molar-refractivity contribution in [2.24, 2.45) is 0 Å². The van der Waals surface area contributed by atoms with Gasteiger partial charge < -0.3 is 15.0 Å². The first-order chi connectivity index (χ1) is 9.24. The van der Waals surface area contributed by atoms with Crippen LogP contribution >= 0.6 is 11.8 Å². The summed E-state index contributed by atoms with van der Waals surface area (Å²) in [4.78, 5) is 11.4. The molecule has 106 valence electrons. The van der Waals surface area contributed by atoms with Gasteiger partial charge in [-0.3, -0.25) is 0 Å². The van der Waals surface area contributed by atoms with E-state index in [4.69, 9.17) is 4.74 Å². The first kappa shape index (κ1) is 14.4. The minimum Gasteiger partial charge on any atom is -0.377 e. The molecule has 1 aliphatic heterocycles. The highest BCUT2D eigenvalue weighted by Gasteiger charge is 2.21. The van der Waals surface area contributed by atoms with Crippen LogP contribution in [0.25, 0.3) is 0 Å². The molecule has 1 N–H and O–H groups in total. The lowest BCUT2D eigenvalue weighted by Crippen LogP contribution is -2.41. The molecular formula is C13H22N4OS. The van der Waals surface area contributed by atoms with Gasteiger partial charge in [-0.2, -0.15) is 11.8 Å². The number of anilines is 2. The highest BCUT2D eigenvalue weighted by atomic mass is 32.2. The van der Waals surface area contributed by atoms with Crippen LogP contribution in [0.2, 0.25) is 0 Å². The van der Waals surface area contributed by atoms with Gasteiger partial charge in [-0.1, -0.05) is 0 Å². The van der Waals surface area contributed by atoms with Gasteiger partial charge in [0, 0.05) is 43.8 Å². The highest BCUT2D eigenvalue weighted by Crippen LogP contribution is 2.24. The zero-order chi connectivity index (χ0) is 13.7. The van der Waals surface area contributed by atoms with Gasteiger partial charge in [0.15, 0.2) is 5.82 Å². The summed E-state index contributed by atoms with van der Waals surface area (Å²) in [6.07, 6.45) is 0. The molecule has 1 aliphatic rings. The molecule has 2 rings (SSSR count). The van der Waals surface area contributed by atoms with Crippen molar-refractivity contribution >= 4 is 23.4 Å². The van der Waals surface area contributed by atoms with E-state index < -0.39 is 0 Å². The van der Waals surface area contributed by atoms with E-state index in [1.54, 1.807) is 7.11 Å². The van der Waals surface area contributed by atoms with Gasteiger partial charge >= 0.3 is 0 Å². The first-order valence-corrected chi connectivity index (χ1v) is 7.85. The molecule has 1 saturated heterocycles. The largest absolute Gasteiger partial charge is 0.377 e. The quantitative estimate of drug-likeness (QED) is 0.891. The summed E-state index contributed by atoms with van der Waals surface area (Å²) in [7, 11) is 1.67. The monoisotopic (exact) mass is 282 g/mol. The molecule has 6 heteroatoms. The second-order valence-corrected chi connectivity index (χ2v) is 5.76. The van der Waals surface area contributed by atoms with E-state index in [0.29, 0.717) is 12.6 Å². The molecule has 1 atom stereocenters. The van der Waals surface area contributed by atoms with Crippen LogP contribution in [0.3, 0.4) is 0 Å². The maximum atomic E-state index is 5.15. The Bertz CT molecular complexity index is 391. The van der Waals surface area contributed by atoms with E-state index in [9.17, 15) is 0 Å². The first-order valence-electron chi connectivity index (χ1n) is 6.69. The smallest absolute Gasteiger partial charge is 0.158 e. The molecular weight excluding hydrogens is 260 g/mol. The Morgan fingerprint density at radius 2 is 2.37 bits per heavy atom. The Kier molecular flexibility index (Phi) is 5.27. The average Bonchev–Trinajstić information content (AvgIpc) is 2.40. The zero-order valence-electron chi connectivity index (χ0n) is 11.8. The second-order valence-electron chi connectivity index (χ2n) is 4.61. The van der Waals surface area contributed by atoms with Crippen molar-refractivity contribution in [3.8, 4) is 0 Å². The van der Waals surface area contributed by atoms with Crippen LogP contribution in [0.1, 0.15) is 19.7 Å². The fraction of sp³-hybridized carbons (Fsp3) is 0.692. The Hall–Kier alpha value is -1.01. The topological polar surface area (TPSA) is 50.3 Å². The predicted molar refractivity (Wildman–Crippen MR) is 81.0 cm³/mol. The third-order valence-corrected chi connectivity index (χ3v) is 4.24. The SMILES string of the molecule is CCNc1cc(N2CCSCC2C)nc(COC)n1. The highest BCUT2D eigenvalue weighted by molar-refractivity contribution is 7.99. The minimum atomic E-state index is 0.448. The molecule has 2 heterocycles. The third kappa shape index (κ3) is 3.73. The van der Waals surface area contributed by atoms with Gasteiger partial charge in [0.05, 0.1) is 0 Å². The third-order valence-electron chi connectivity index (χ3n) is 3.05. The van der Waals surface area contributed by atoms with Crippen LogP contribution in [0, 0.1) is 0 Å². The summed E-state index contributed by atoms with van der Waals surface area (Å²) < 4.78 is 5.15. The Balaban J connectivity index is 2.26. The second kappa shape index (κ2) is 6.96. The summed E-state index contributed by atoms with van der Waals surface area (Å²) >= 11 is 2.00. The van der Waals surface area contributed by atoms with Crippen molar-refractivity contribution in [2.45, 2.75) is 26.5 Å². The van der Waals surface area contributed by atoms with Crippen molar-refractivity contribution in [1.29, 1.82) is 0 Å². The maximum Gasteiger partial charge on any atom is 0.158 e. The van der Waals surface area contributed by atoms with E-state index in [2.05, 4.69) is 34.0 Å². The van der Waals surface area contributed by atoms with E-state index in [1.165, 1.54) is 0 Å². The zero-order valence-corrected chi connectivity index (χ0v) is 12.7. The van der Waals surface area contributed by atoms with E-state index in [0.717, 1.165) is 42.1 Å². The van der Waals surface area contributed by atoms with Gasteiger partial charge in [-0.05, 0) is 13.8 Å². The Morgan fingerprint density at radius 1 is 1.53 bits per heavy atom. The normalized spacial score (nSPS) is 19.5. The number of nitrogens with one attached hydrogen (secondary N) is 1. The van der Waals surface area contributed by atoms with Gasteiger partial charge in [-0.25, -0.2) is 9.97 Å². The molecule has 0 spiro atoms. The number of hydrogen-bond donors (Lipinski definition) is 1. The molecule has 1 fully saturated rings. The molecule has 0 radical (unpaired) electrons. The molecule has 0 amide bonds. The molecule has 0 saturated carbocycles. The number of aromatic nitrogens is 2. The summed E-state index contributed by atoms with van der Waals surface area (Å²) in [5.74, 6) is 4.93. The van der Waals surface area contributed by atoms with Crippen LogP contribution < -0.4 is 10.2 Å². The summed E-state index contributed by atoms with van der Waals surface area (Å²) in [6.45, 7) is 6.66. The van der Waals surface area contributed by atoms with Crippen LogP contribution in [0.5, 0.6) is 0 Å². The molecule has 0 aromatic carbocycles. The summed E-state index contributed by atoms with van der Waals surface area (Å²) in [5, 5.41) is 3.26. The van der Waals surface area contributed by atoms with Gasteiger partial charge in [0.25, 0.3) is 0 Å². The molecule has 5 nitrogen and oxygen atoms in total. The summed E-state index contributed by atoms with van der Waals surface area (Å²) in [6, 6.07) is 2.55. The molecule has 0 aliphatic carbocycles. The van der Waals surface area contributed by atoms with Gasteiger partial charge in [0.2, 0.25) is 0 Å². The molecule has 0 bridgehead atoms. The van der Waals surface area contributed by atoms with Crippen molar-refractivity contribution in [3.63, 3.8) is 0 Å². The van der Waals surface area contributed by atoms with Crippen LogP contribution in [-0.2, 0) is 11.3 Å². The number of hydrogen-bond acceptors (Lipinski definition) is 6. The fourth-order valence-corrected chi connectivity index (χ4v) is 3.18. The number of nitrogens with zero attached hydrogens (tertiary/aromatic N) is 3. The van der Waals surface area contributed by atoms with E-state index in [1.807, 2.05) is 17.8 Å². The standard InChI is InChI=1S/C13H22N4OS/c1-4-14-11-7-13(16-12(15-11)8-18-3)17-5-6-19-9-10(17)2/h7,10H,4-6,8-9H2,1-3H3,(H,14,15,16). The number of rotatable bonds is 5. The number of methoxy groups -OCH3 is 1. The van der Waals surface area contributed by atoms with Crippen LogP contribution in [0.4, 0.5) is 11.6 Å². The van der Waals surface area contributed by atoms with Crippen molar-refractivity contribution < 1.29 is 4.74 Å². The molecule has 1 unspecified atom stereocenters. The Morgan fingerprint density at radius 3 is 3.05 bits per heavy atom. The van der Waals surface area contributed by atoms with E-state index >= 15 is 0 Å². The lowest BCUT2D eigenvalue weighted by atomic mass is 10.3. The average molecular weight is 282 g/mol. The maximum absolute atomic E-state index is 5.15. The lowest BCUT2D eigenvalue weighted by molar-refractivity contribution is 0.178. The predicted octanol–water partition coefficient (Wildman–Crippen LogP) is 2.00. The van der Waals surface area contributed by atoms with Crippen molar-refractivity contribution in [1.82, 2.24) is 9.97 Å². The Labute approximate surface area is 119 Å². The molecule has 1 aromatic heterocycles. The van der Waals surface area contributed by atoms with Crippen molar-refractivity contribution in [3.05, 3.63) is 11.9 Å². The van der Waals surface area contributed by atoms with Gasteiger partial charge in [-0.15, -0.1) is 0 Å². The van der Waals surface area contributed by atoms with Crippen molar-refractivity contribution in [2.75, 3.05) is 41.9 Å². The number of thioether (sulfide) groups is 1. The lowest BCUT2D eigenvalue weighted by Gasteiger charge is -2.34. The summed E-state index contributed by atoms with van der Waals surface area (Å²) in [5.41, 5.74) is 0. The van der Waals surface area contributed by atoms with E-state index in [-0.39, 0.29) is 0 Å². The minimum absolute atomic E-state index is 0.448. The number of ether oxygens (including phenoxy) is 1. The van der Waals surface area contributed by atoms with Gasteiger partial charge in [0.1, 0.15) is 18.2 Å².